The molecule has 17 heavy (non-hydrogen) atoms. The minimum absolute atomic E-state index is 0.0929. The van der Waals surface area contributed by atoms with E-state index >= 15 is 0 Å². The summed E-state index contributed by atoms with van der Waals surface area (Å²) in [4.78, 5) is 0. The zero-order chi connectivity index (χ0) is 12.5. The molecule has 0 heterocycles. The van der Waals surface area contributed by atoms with Gasteiger partial charge in [0.25, 0.3) is 0 Å². The van der Waals surface area contributed by atoms with Crippen LogP contribution in [-0.2, 0) is 0 Å². The maximum atomic E-state index is 9.81. The standard InChI is InChI=1S/C15H31NO/c1-13(2)9-5-3-4-8-12-16-14-10-6-7-11-15(14)17/h13-17H,3-12H2,1-2H3/t14-,15-/m1/s1. The summed E-state index contributed by atoms with van der Waals surface area (Å²) in [6.45, 7) is 5.68. The topological polar surface area (TPSA) is 32.3 Å². The van der Waals surface area contributed by atoms with Gasteiger partial charge < -0.3 is 10.4 Å². The Morgan fingerprint density at radius 2 is 1.76 bits per heavy atom. The van der Waals surface area contributed by atoms with Crippen LogP contribution in [0.5, 0.6) is 0 Å². The zero-order valence-corrected chi connectivity index (χ0v) is 11.8. The third-order valence-electron chi connectivity index (χ3n) is 3.84. The van der Waals surface area contributed by atoms with E-state index < -0.39 is 0 Å². The predicted octanol–water partition coefficient (Wildman–Crippen LogP) is 3.49. The van der Waals surface area contributed by atoms with E-state index in [0.717, 1.165) is 25.3 Å². The van der Waals surface area contributed by atoms with Crippen LogP contribution >= 0.6 is 0 Å². The highest BCUT2D eigenvalue weighted by Crippen LogP contribution is 2.18. The van der Waals surface area contributed by atoms with Crippen molar-refractivity contribution >= 4 is 0 Å². The van der Waals surface area contributed by atoms with Crippen molar-refractivity contribution in [3.05, 3.63) is 0 Å². The molecule has 0 aliphatic heterocycles. The zero-order valence-electron chi connectivity index (χ0n) is 11.8. The molecule has 0 aromatic rings. The van der Waals surface area contributed by atoms with E-state index in [1.807, 2.05) is 0 Å². The van der Waals surface area contributed by atoms with Crippen molar-refractivity contribution in [3.63, 3.8) is 0 Å². The van der Waals surface area contributed by atoms with Crippen LogP contribution in [0, 0.1) is 5.92 Å². The normalized spacial score (nSPS) is 25.4. The molecule has 0 amide bonds. The second-order valence-electron chi connectivity index (χ2n) is 6.01. The molecule has 1 saturated carbocycles. The molecule has 2 heteroatoms. The third-order valence-corrected chi connectivity index (χ3v) is 3.84. The fraction of sp³-hybridized carbons (Fsp3) is 1.00. The average Bonchev–Trinajstić information content (AvgIpc) is 2.30. The smallest absolute Gasteiger partial charge is 0.0693 e. The monoisotopic (exact) mass is 241 g/mol. The highest BCUT2D eigenvalue weighted by molar-refractivity contribution is 4.79. The fourth-order valence-electron chi connectivity index (χ4n) is 2.67. The van der Waals surface area contributed by atoms with E-state index in [1.54, 1.807) is 0 Å². The van der Waals surface area contributed by atoms with Gasteiger partial charge in [-0.25, -0.2) is 0 Å². The molecule has 2 nitrogen and oxygen atoms in total. The van der Waals surface area contributed by atoms with Crippen LogP contribution in [0.25, 0.3) is 0 Å². The number of aliphatic hydroxyl groups is 1. The first-order valence-electron chi connectivity index (χ1n) is 7.61. The van der Waals surface area contributed by atoms with Gasteiger partial charge in [-0.3, -0.25) is 0 Å². The van der Waals surface area contributed by atoms with Gasteiger partial charge in [-0.1, -0.05) is 52.4 Å². The van der Waals surface area contributed by atoms with E-state index in [2.05, 4.69) is 19.2 Å². The molecule has 102 valence electrons. The van der Waals surface area contributed by atoms with Gasteiger partial charge in [-0.2, -0.15) is 0 Å². The van der Waals surface area contributed by atoms with Gasteiger partial charge in [0.1, 0.15) is 0 Å². The summed E-state index contributed by atoms with van der Waals surface area (Å²) in [6, 6.07) is 0.374. The van der Waals surface area contributed by atoms with Crippen molar-refractivity contribution in [1.29, 1.82) is 0 Å². The van der Waals surface area contributed by atoms with Crippen LogP contribution in [0.2, 0.25) is 0 Å². The maximum absolute atomic E-state index is 9.81. The van der Waals surface area contributed by atoms with Crippen molar-refractivity contribution in [2.24, 2.45) is 5.92 Å². The molecule has 1 rings (SSSR count). The Kier molecular flexibility index (Phi) is 7.87. The van der Waals surface area contributed by atoms with Crippen LogP contribution in [0.3, 0.4) is 0 Å². The van der Waals surface area contributed by atoms with Gasteiger partial charge in [-0.05, 0) is 31.7 Å². The summed E-state index contributed by atoms with van der Waals surface area (Å²) >= 11 is 0. The van der Waals surface area contributed by atoms with E-state index in [4.69, 9.17) is 0 Å². The number of unbranched alkanes of at least 4 members (excludes halogenated alkanes) is 3. The lowest BCUT2D eigenvalue weighted by Crippen LogP contribution is -2.42. The van der Waals surface area contributed by atoms with E-state index in [1.165, 1.54) is 44.9 Å². The molecular formula is C15H31NO. The van der Waals surface area contributed by atoms with Crippen LogP contribution in [0.1, 0.15) is 71.6 Å². The molecule has 0 saturated heterocycles. The highest BCUT2D eigenvalue weighted by atomic mass is 16.3. The number of aliphatic hydroxyl groups excluding tert-OH is 1. The average molecular weight is 241 g/mol. The molecule has 0 radical (unpaired) electrons. The summed E-state index contributed by atoms with van der Waals surface area (Å²) < 4.78 is 0. The Bertz CT molecular complexity index is 182. The predicted molar refractivity (Wildman–Crippen MR) is 74.2 cm³/mol. The first-order valence-corrected chi connectivity index (χ1v) is 7.61. The van der Waals surface area contributed by atoms with Crippen molar-refractivity contribution in [3.8, 4) is 0 Å². The Balaban J connectivity index is 1.89. The first kappa shape index (κ1) is 15.0. The molecule has 0 bridgehead atoms. The van der Waals surface area contributed by atoms with Gasteiger partial charge in [0, 0.05) is 6.04 Å². The minimum Gasteiger partial charge on any atom is -0.392 e. The summed E-state index contributed by atoms with van der Waals surface area (Å²) in [5.74, 6) is 0.852. The SMILES string of the molecule is CC(C)CCCCCCN[C@@H]1CCCC[C@H]1O. The van der Waals surface area contributed by atoms with Crippen LogP contribution in [-0.4, -0.2) is 23.8 Å². The molecule has 0 aromatic carbocycles. The van der Waals surface area contributed by atoms with Gasteiger partial charge in [0.2, 0.25) is 0 Å². The van der Waals surface area contributed by atoms with Gasteiger partial charge in [-0.15, -0.1) is 0 Å². The van der Waals surface area contributed by atoms with Crippen LogP contribution in [0.15, 0.2) is 0 Å². The quantitative estimate of drug-likeness (QED) is 0.638. The van der Waals surface area contributed by atoms with E-state index in [9.17, 15) is 5.11 Å². The first-order chi connectivity index (χ1) is 8.20. The minimum atomic E-state index is -0.0929. The van der Waals surface area contributed by atoms with Crippen molar-refractivity contribution in [2.45, 2.75) is 83.8 Å². The Morgan fingerprint density at radius 1 is 1.06 bits per heavy atom. The molecule has 1 fully saturated rings. The second-order valence-corrected chi connectivity index (χ2v) is 6.01. The number of nitrogens with one attached hydrogen (secondary N) is 1. The summed E-state index contributed by atoms with van der Waals surface area (Å²) in [6.07, 6.45) is 11.3. The highest BCUT2D eigenvalue weighted by Gasteiger charge is 2.21. The summed E-state index contributed by atoms with van der Waals surface area (Å²) in [5.41, 5.74) is 0. The Hall–Kier alpha value is -0.0800. The van der Waals surface area contributed by atoms with Crippen molar-refractivity contribution in [1.82, 2.24) is 5.32 Å². The largest absolute Gasteiger partial charge is 0.392 e. The molecule has 0 aromatic heterocycles. The molecule has 2 N–H and O–H groups in total. The van der Waals surface area contributed by atoms with Crippen LogP contribution < -0.4 is 5.32 Å². The molecule has 2 atom stereocenters. The Morgan fingerprint density at radius 3 is 2.47 bits per heavy atom. The number of hydrogen-bond donors (Lipinski definition) is 2. The molecular weight excluding hydrogens is 210 g/mol. The third kappa shape index (κ3) is 7.05. The molecule has 0 unspecified atom stereocenters. The van der Waals surface area contributed by atoms with Crippen molar-refractivity contribution in [2.75, 3.05) is 6.54 Å². The van der Waals surface area contributed by atoms with Gasteiger partial charge in [0.05, 0.1) is 6.10 Å². The lowest BCUT2D eigenvalue weighted by Gasteiger charge is -2.28. The molecule has 0 spiro atoms. The van der Waals surface area contributed by atoms with E-state index in [-0.39, 0.29) is 6.10 Å². The second kappa shape index (κ2) is 8.93. The van der Waals surface area contributed by atoms with E-state index in [0.29, 0.717) is 6.04 Å². The van der Waals surface area contributed by atoms with Gasteiger partial charge in [0.15, 0.2) is 0 Å². The van der Waals surface area contributed by atoms with Crippen LogP contribution in [0.4, 0.5) is 0 Å². The molecule has 1 aliphatic rings. The fourth-order valence-corrected chi connectivity index (χ4v) is 2.67. The van der Waals surface area contributed by atoms with Crippen molar-refractivity contribution < 1.29 is 5.11 Å². The van der Waals surface area contributed by atoms with Gasteiger partial charge >= 0.3 is 0 Å². The number of hydrogen-bond acceptors (Lipinski definition) is 2. The Labute approximate surface area is 107 Å². The summed E-state index contributed by atoms with van der Waals surface area (Å²) in [7, 11) is 0. The lowest BCUT2D eigenvalue weighted by atomic mass is 9.92. The lowest BCUT2D eigenvalue weighted by molar-refractivity contribution is 0.0909. The molecule has 1 aliphatic carbocycles. The maximum Gasteiger partial charge on any atom is 0.0693 e. The summed E-state index contributed by atoms with van der Waals surface area (Å²) in [5, 5.41) is 13.3. The number of rotatable bonds is 8.